The van der Waals surface area contributed by atoms with Crippen LogP contribution in [0.5, 0.6) is 0 Å². The van der Waals surface area contributed by atoms with Crippen LogP contribution in [-0.2, 0) is 11.3 Å². The van der Waals surface area contributed by atoms with Gasteiger partial charge >= 0.3 is 0 Å². The number of rotatable bonds is 7. The summed E-state index contributed by atoms with van der Waals surface area (Å²) in [6.07, 6.45) is -1.21. The van der Waals surface area contributed by atoms with E-state index in [-0.39, 0.29) is 0 Å². The molecule has 0 aliphatic carbocycles. The Morgan fingerprint density at radius 1 is 1.08 bits per heavy atom. The lowest BCUT2D eigenvalue weighted by Crippen LogP contribution is -2.43. The first kappa shape index (κ1) is 19.7. The average molecular weight is 385 g/mol. The molecular formula is C18H19Cl2FN2O2. The van der Waals surface area contributed by atoms with Crippen molar-refractivity contribution in [1.82, 2.24) is 5.32 Å². The Morgan fingerprint density at radius 3 is 2.04 bits per heavy atom. The van der Waals surface area contributed by atoms with E-state index < -0.39 is 29.6 Å². The van der Waals surface area contributed by atoms with E-state index in [9.17, 15) is 14.3 Å². The average Bonchev–Trinajstić information content (AvgIpc) is 2.65. The fourth-order valence-electron chi connectivity index (χ4n) is 2.39. The first-order valence-corrected chi connectivity index (χ1v) is 8.55. The molecule has 25 heavy (non-hydrogen) atoms. The van der Waals surface area contributed by atoms with Crippen molar-refractivity contribution in [3.8, 4) is 11.1 Å². The van der Waals surface area contributed by atoms with Gasteiger partial charge in [0.1, 0.15) is 12.8 Å². The van der Waals surface area contributed by atoms with Crippen molar-refractivity contribution < 1.29 is 14.3 Å². The maximum absolute atomic E-state index is 13.2. The standard InChI is InChI=1S/C18H19Cl2FN2O2/c19-17(20)18(25)23-15(9-21)16(24)14-7-5-13(6-8-14)12-3-1-11(10-22)2-4-12/h1-8,15-17,24H,9-10,22H2,(H,23,25)/t15-,16+/m1/s1. The van der Waals surface area contributed by atoms with E-state index in [0.29, 0.717) is 12.1 Å². The number of nitrogens with two attached hydrogens (primary N) is 1. The molecule has 0 radical (unpaired) electrons. The predicted molar refractivity (Wildman–Crippen MR) is 98.1 cm³/mol. The highest BCUT2D eigenvalue weighted by atomic mass is 35.5. The molecule has 0 spiro atoms. The molecule has 0 saturated heterocycles. The lowest BCUT2D eigenvalue weighted by atomic mass is 9.98. The molecule has 4 nitrogen and oxygen atoms in total. The van der Waals surface area contributed by atoms with Crippen LogP contribution in [0, 0.1) is 0 Å². The van der Waals surface area contributed by atoms with Crippen LogP contribution in [0.3, 0.4) is 0 Å². The van der Waals surface area contributed by atoms with Gasteiger partial charge in [-0.1, -0.05) is 71.7 Å². The molecule has 0 bridgehead atoms. The van der Waals surface area contributed by atoms with Gasteiger partial charge in [-0.3, -0.25) is 4.79 Å². The molecule has 0 fully saturated rings. The van der Waals surface area contributed by atoms with E-state index >= 15 is 0 Å². The van der Waals surface area contributed by atoms with Crippen LogP contribution in [0.4, 0.5) is 4.39 Å². The Balaban J connectivity index is 2.12. The van der Waals surface area contributed by atoms with Crippen LogP contribution in [-0.4, -0.2) is 28.6 Å². The van der Waals surface area contributed by atoms with Gasteiger partial charge in [0, 0.05) is 6.54 Å². The van der Waals surface area contributed by atoms with Gasteiger partial charge in [-0.15, -0.1) is 0 Å². The summed E-state index contributed by atoms with van der Waals surface area (Å²) in [4.78, 5) is 10.2. The summed E-state index contributed by atoms with van der Waals surface area (Å²) < 4.78 is 13.2. The Labute approximate surface area is 155 Å². The normalized spacial score (nSPS) is 13.5. The van der Waals surface area contributed by atoms with Gasteiger partial charge in [0.15, 0.2) is 4.84 Å². The summed E-state index contributed by atoms with van der Waals surface area (Å²) in [6, 6.07) is 13.7. The highest BCUT2D eigenvalue weighted by Gasteiger charge is 2.25. The zero-order chi connectivity index (χ0) is 18.4. The predicted octanol–water partition coefficient (Wildman–Crippen LogP) is 3.10. The zero-order valence-electron chi connectivity index (χ0n) is 13.3. The van der Waals surface area contributed by atoms with Crippen LogP contribution in [0.15, 0.2) is 48.5 Å². The molecule has 7 heteroatoms. The maximum Gasteiger partial charge on any atom is 0.253 e. The van der Waals surface area contributed by atoms with Crippen LogP contribution in [0.1, 0.15) is 17.2 Å². The van der Waals surface area contributed by atoms with E-state index in [4.69, 9.17) is 28.9 Å². The van der Waals surface area contributed by atoms with Crippen LogP contribution in [0.25, 0.3) is 11.1 Å². The number of halogens is 3. The largest absolute Gasteiger partial charge is 0.386 e. The Hall–Kier alpha value is -1.66. The molecule has 0 aliphatic heterocycles. The molecular weight excluding hydrogens is 366 g/mol. The number of aliphatic hydroxyl groups is 1. The highest BCUT2D eigenvalue weighted by molar-refractivity contribution is 6.53. The van der Waals surface area contributed by atoms with Crippen molar-refractivity contribution in [3.63, 3.8) is 0 Å². The minimum Gasteiger partial charge on any atom is -0.386 e. The molecule has 2 aromatic carbocycles. The van der Waals surface area contributed by atoms with Crippen LogP contribution >= 0.6 is 23.2 Å². The molecule has 2 rings (SSSR count). The number of amides is 1. The summed E-state index contributed by atoms with van der Waals surface area (Å²) in [5.41, 5.74) is 9.04. The zero-order valence-corrected chi connectivity index (χ0v) is 14.8. The van der Waals surface area contributed by atoms with Crippen molar-refractivity contribution in [2.24, 2.45) is 5.73 Å². The van der Waals surface area contributed by atoms with Crippen molar-refractivity contribution in [2.45, 2.75) is 23.5 Å². The SMILES string of the molecule is NCc1ccc(-c2ccc([C@H](O)[C@@H](CF)NC(=O)C(Cl)Cl)cc2)cc1. The second-order valence-corrected chi connectivity index (χ2v) is 6.63. The van der Waals surface area contributed by atoms with Gasteiger partial charge in [0.05, 0.1) is 6.04 Å². The number of hydrogen-bond donors (Lipinski definition) is 3. The quantitative estimate of drug-likeness (QED) is 0.642. The number of carbonyl (C=O) groups is 1. The number of aliphatic hydroxyl groups excluding tert-OH is 1. The first-order chi connectivity index (χ1) is 12.0. The molecule has 0 aliphatic rings. The van der Waals surface area contributed by atoms with Gasteiger partial charge in [-0.05, 0) is 22.3 Å². The van der Waals surface area contributed by atoms with Crippen molar-refractivity contribution in [1.29, 1.82) is 0 Å². The monoisotopic (exact) mass is 384 g/mol. The third-order valence-corrected chi connectivity index (χ3v) is 4.24. The lowest BCUT2D eigenvalue weighted by Gasteiger charge is -2.22. The summed E-state index contributed by atoms with van der Waals surface area (Å²) in [5, 5.41) is 12.6. The Kier molecular flexibility index (Phi) is 7.20. The van der Waals surface area contributed by atoms with E-state index in [1.165, 1.54) is 0 Å². The van der Waals surface area contributed by atoms with Crippen LogP contribution < -0.4 is 11.1 Å². The van der Waals surface area contributed by atoms with Gasteiger partial charge in [0.2, 0.25) is 0 Å². The number of nitrogens with one attached hydrogen (secondary N) is 1. The minimum atomic E-state index is -1.32. The molecule has 0 aromatic heterocycles. The molecule has 134 valence electrons. The molecule has 0 heterocycles. The molecule has 4 N–H and O–H groups in total. The Morgan fingerprint density at radius 2 is 1.60 bits per heavy atom. The van der Waals surface area contributed by atoms with E-state index in [1.807, 2.05) is 36.4 Å². The molecule has 2 aromatic rings. The van der Waals surface area contributed by atoms with Crippen molar-refractivity contribution in [3.05, 3.63) is 59.7 Å². The number of carbonyl (C=O) groups excluding carboxylic acids is 1. The molecule has 0 unspecified atom stereocenters. The molecule has 1 amide bonds. The molecule has 2 atom stereocenters. The summed E-state index contributed by atoms with van der Waals surface area (Å²) in [6.45, 7) is -0.469. The van der Waals surface area contributed by atoms with Gasteiger partial charge in [0.25, 0.3) is 5.91 Å². The smallest absolute Gasteiger partial charge is 0.253 e. The summed E-state index contributed by atoms with van der Waals surface area (Å²) in [5.74, 6) is -0.748. The van der Waals surface area contributed by atoms with E-state index in [1.54, 1.807) is 12.1 Å². The van der Waals surface area contributed by atoms with Crippen molar-refractivity contribution >= 4 is 29.1 Å². The van der Waals surface area contributed by atoms with Gasteiger partial charge in [-0.2, -0.15) is 0 Å². The lowest BCUT2D eigenvalue weighted by molar-refractivity contribution is -0.121. The topological polar surface area (TPSA) is 75.3 Å². The third kappa shape index (κ3) is 5.16. The van der Waals surface area contributed by atoms with Gasteiger partial charge < -0.3 is 16.2 Å². The summed E-state index contributed by atoms with van der Waals surface area (Å²) in [7, 11) is 0. The second-order valence-electron chi connectivity index (χ2n) is 5.54. The van der Waals surface area contributed by atoms with Gasteiger partial charge in [-0.25, -0.2) is 4.39 Å². The van der Waals surface area contributed by atoms with Crippen molar-refractivity contribution in [2.75, 3.05) is 6.67 Å². The first-order valence-electron chi connectivity index (χ1n) is 7.68. The number of hydrogen-bond acceptors (Lipinski definition) is 3. The van der Waals surface area contributed by atoms with E-state index in [0.717, 1.165) is 16.7 Å². The number of benzene rings is 2. The fraction of sp³-hybridized carbons (Fsp3) is 0.278. The molecule has 0 saturated carbocycles. The second kappa shape index (κ2) is 9.15. The maximum atomic E-state index is 13.2. The minimum absolute atomic E-state index is 0.478. The van der Waals surface area contributed by atoms with E-state index in [2.05, 4.69) is 5.32 Å². The highest BCUT2D eigenvalue weighted by Crippen LogP contribution is 2.24. The number of alkyl halides is 3. The fourth-order valence-corrected chi connectivity index (χ4v) is 2.51. The Bertz CT molecular complexity index is 693. The summed E-state index contributed by atoms with van der Waals surface area (Å²) >= 11 is 10.9. The van der Waals surface area contributed by atoms with Crippen LogP contribution in [0.2, 0.25) is 0 Å². The third-order valence-electron chi connectivity index (χ3n) is 3.85.